The number of rotatable bonds is 4. The Morgan fingerprint density at radius 2 is 2.00 bits per heavy atom. The summed E-state index contributed by atoms with van der Waals surface area (Å²) in [6, 6.07) is 5.37. The van der Waals surface area contributed by atoms with Crippen molar-refractivity contribution in [2.75, 3.05) is 19.0 Å². The van der Waals surface area contributed by atoms with Crippen molar-refractivity contribution in [2.24, 2.45) is 5.73 Å². The van der Waals surface area contributed by atoms with Gasteiger partial charge in [-0.05, 0) is 43.0 Å². The lowest BCUT2D eigenvalue weighted by Gasteiger charge is -2.22. The molecule has 29 heavy (non-hydrogen) atoms. The van der Waals surface area contributed by atoms with Crippen LogP contribution >= 0.6 is 0 Å². The van der Waals surface area contributed by atoms with E-state index in [4.69, 9.17) is 15.2 Å². The fraction of sp³-hybridized carbons (Fsp3) is 0.333. The molecule has 8 heteroatoms. The number of nitrogens with one attached hydrogen (secondary N) is 1. The molecule has 3 aromatic heterocycles. The molecule has 1 aliphatic rings. The van der Waals surface area contributed by atoms with Crippen molar-refractivity contribution in [3.63, 3.8) is 0 Å². The fourth-order valence-electron chi connectivity index (χ4n) is 3.44. The van der Waals surface area contributed by atoms with Crippen molar-refractivity contribution in [3.8, 4) is 5.88 Å². The molecule has 3 aromatic rings. The molecule has 4 heterocycles. The van der Waals surface area contributed by atoms with Crippen molar-refractivity contribution >= 4 is 28.4 Å². The fourth-order valence-corrected chi connectivity index (χ4v) is 3.44. The van der Waals surface area contributed by atoms with E-state index in [0.29, 0.717) is 29.7 Å². The Hall–Kier alpha value is -3.26. The molecule has 0 saturated heterocycles. The third kappa shape index (κ3) is 3.47. The number of ether oxygens (including phenoxy) is 2. The van der Waals surface area contributed by atoms with Crippen LogP contribution in [0.25, 0.3) is 10.8 Å². The van der Waals surface area contributed by atoms with Crippen LogP contribution < -0.4 is 15.8 Å². The third-order valence-electron chi connectivity index (χ3n) is 4.95. The number of carbonyl (C=O) groups is 1. The van der Waals surface area contributed by atoms with E-state index in [9.17, 15) is 4.79 Å². The van der Waals surface area contributed by atoms with Crippen LogP contribution in [0.5, 0.6) is 5.88 Å². The lowest BCUT2D eigenvalue weighted by Crippen LogP contribution is -2.29. The molecule has 0 saturated carbocycles. The second-order valence-electron chi connectivity index (χ2n) is 7.77. The maximum absolute atomic E-state index is 11.9. The summed E-state index contributed by atoms with van der Waals surface area (Å²) >= 11 is 0. The monoisotopic (exact) mass is 393 g/mol. The summed E-state index contributed by atoms with van der Waals surface area (Å²) in [5.74, 6) is 1.40. The molecule has 0 radical (unpaired) electrons. The van der Waals surface area contributed by atoms with Crippen LogP contribution in [0.15, 0.2) is 30.6 Å². The van der Waals surface area contributed by atoms with Gasteiger partial charge in [0.25, 0.3) is 0 Å². The Bertz CT molecular complexity index is 1110. The van der Waals surface area contributed by atoms with Gasteiger partial charge in [0, 0.05) is 23.9 Å². The SMILES string of the molecule is COc1ncc(C(C)(C)N)c2cc(Nc3ccc4c(n3)[C@@H](C)COC4=O)ncc12. The predicted molar refractivity (Wildman–Crippen MR) is 110 cm³/mol. The van der Waals surface area contributed by atoms with Crippen LogP contribution in [-0.2, 0) is 10.3 Å². The van der Waals surface area contributed by atoms with Gasteiger partial charge >= 0.3 is 5.97 Å². The first kappa shape index (κ1) is 19.1. The van der Waals surface area contributed by atoms with Crippen LogP contribution in [0.1, 0.15) is 48.3 Å². The average Bonchev–Trinajstić information content (AvgIpc) is 2.69. The highest BCUT2D eigenvalue weighted by molar-refractivity contribution is 5.93. The smallest absolute Gasteiger partial charge is 0.340 e. The highest BCUT2D eigenvalue weighted by Crippen LogP contribution is 2.33. The van der Waals surface area contributed by atoms with Gasteiger partial charge in [-0.2, -0.15) is 0 Å². The summed E-state index contributed by atoms with van der Waals surface area (Å²) in [5, 5.41) is 4.90. The summed E-state index contributed by atoms with van der Waals surface area (Å²) in [5.41, 5.74) is 7.87. The zero-order chi connectivity index (χ0) is 20.8. The van der Waals surface area contributed by atoms with Crippen LogP contribution in [0.3, 0.4) is 0 Å². The Balaban J connectivity index is 1.76. The molecule has 0 amide bonds. The van der Waals surface area contributed by atoms with Gasteiger partial charge in [-0.1, -0.05) is 6.92 Å². The van der Waals surface area contributed by atoms with Crippen LogP contribution in [0.4, 0.5) is 11.6 Å². The molecule has 3 N–H and O–H groups in total. The summed E-state index contributed by atoms with van der Waals surface area (Å²) < 4.78 is 10.5. The molecule has 150 valence electrons. The van der Waals surface area contributed by atoms with E-state index >= 15 is 0 Å². The number of methoxy groups -OCH3 is 1. The van der Waals surface area contributed by atoms with Crippen molar-refractivity contribution in [2.45, 2.75) is 32.2 Å². The molecular weight excluding hydrogens is 370 g/mol. The van der Waals surface area contributed by atoms with Crippen LogP contribution in [0.2, 0.25) is 0 Å². The number of pyridine rings is 3. The molecule has 0 aromatic carbocycles. The van der Waals surface area contributed by atoms with Gasteiger partial charge in [-0.15, -0.1) is 0 Å². The molecule has 0 fully saturated rings. The van der Waals surface area contributed by atoms with E-state index in [0.717, 1.165) is 22.0 Å². The normalized spacial score (nSPS) is 16.3. The van der Waals surface area contributed by atoms with E-state index in [1.807, 2.05) is 26.8 Å². The molecule has 1 atom stereocenters. The van der Waals surface area contributed by atoms with Crippen LogP contribution in [0, 0.1) is 0 Å². The molecule has 0 bridgehead atoms. The van der Waals surface area contributed by atoms with Gasteiger partial charge in [0.05, 0.1) is 30.4 Å². The minimum Gasteiger partial charge on any atom is -0.481 e. The quantitative estimate of drug-likeness (QED) is 0.650. The number of nitrogens with two attached hydrogens (primary N) is 1. The first-order chi connectivity index (χ1) is 13.8. The average molecular weight is 393 g/mol. The van der Waals surface area contributed by atoms with Gasteiger partial charge in [-0.3, -0.25) is 0 Å². The van der Waals surface area contributed by atoms with Crippen molar-refractivity contribution < 1.29 is 14.3 Å². The second-order valence-corrected chi connectivity index (χ2v) is 7.77. The Labute approximate surface area is 168 Å². The lowest BCUT2D eigenvalue weighted by atomic mass is 9.93. The molecule has 0 unspecified atom stereocenters. The highest BCUT2D eigenvalue weighted by atomic mass is 16.5. The molecule has 8 nitrogen and oxygen atoms in total. The topological polar surface area (TPSA) is 112 Å². The maximum atomic E-state index is 11.9. The number of hydrogen-bond acceptors (Lipinski definition) is 8. The van der Waals surface area contributed by atoms with E-state index in [1.54, 1.807) is 31.6 Å². The maximum Gasteiger partial charge on any atom is 0.340 e. The number of aromatic nitrogens is 3. The van der Waals surface area contributed by atoms with Crippen molar-refractivity contribution in [3.05, 3.63) is 47.4 Å². The van der Waals surface area contributed by atoms with Gasteiger partial charge in [0.2, 0.25) is 5.88 Å². The highest BCUT2D eigenvalue weighted by Gasteiger charge is 2.26. The Kier molecular flexibility index (Phi) is 4.58. The van der Waals surface area contributed by atoms with Gasteiger partial charge in [-0.25, -0.2) is 19.7 Å². The number of hydrogen-bond donors (Lipinski definition) is 2. The number of anilines is 2. The van der Waals surface area contributed by atoms with E-state index < -0.39 is 5.54 Å². The zero-order valence-electron chi connectivity index (χ0n) is 16.8. The summed E-state index contributed by atoms with van der Waals surface area (Å²) in [4.78, 5) is 25.4. The Morgan fingerprint density at radius 3 is 2.72 bits per heavy atom. The van der Waals surface area contributed by atoms with Crippen molar-refractivity contribution in [1.82, 2.24) is 15.0 Å². The molecule has 1 aliphatic heterocycles. The molecular formula is C21H23N5O3. The molecule has 4 rings (SSSR count). The lowest BCUT2D eigenvalue weighted by molar-refractivity contribution is 0.0445. The summed E-state index contributed by atoms with van der Waals surface area (Å²) in [6.45, 7) is 6.16. The summed E-state index contributed by atoms with van der Waals surface area (Å²) in [6.07, 6.45) is 3.44. The number of fused-ring (bicyclic) bond motifs is 2. The standard InChI is InChI=1S/C21H23N5O3/c1-11-10-29-20(27)12-5-6-16(26-18(11)12)25-17-7-13-14(8-23-17)19(28-4)24-9-15(13)21(2,3)22/h5-9,11H,10,22H2,1-4H3,(H,23,25,26)/t11-/m0/s1. The second kappa shape index (κ2) is 6.97. The van der Waals surface area contributed by atoms with Crippen molar-refractivity contribution in [1.29, 1.82) is 0 Å². The van der Waals surface area contributed by atoms with E-state index in [1.165, 1.54) is 0 Å². The number of cyclic esters (lactones) is 1. The third-order valence-corrected chi connectivity index (χ3v) is 4.95. The van der Waals surface area contributed by atoms with Gasteiger partial charge in [0.15, 0.2) is 0 Å². The van der Waals surface area contributed by atoms with E-state index in [-0.39, 0.29) is 11.9 Å². The number of nitrogens with zero attached hydrogens (tertiary/aromatic N) is 3. The first-order valence-corrected chi connectivity index (χ1v) is 9.35. The predicted octanol–water partition coefficient (Wildman–Crippen LogP) is 3.24. The Morgan fingerprint density at radius 1 is 1.21 bits per heavy atom. The first-order valence-electron chi connectivity index (χ1n) is 9.35. The summed E-state index contributed by atoms with van der Waals surface area (Å²) in [7, 11) is 1.57. The minimum atomic E-state index is -0.587. The van der Waals surface area contributed by atoms with E-state index in [2.05, 4.69) is 20.3 Å². The largest absolute Gasteiger partial charge is 0.481 e. The number of esters is 1. The van der Waals surface area contributed by atoms with Gasteiger partial charge in [0.1, 0.15) is 11.6 Å². The minimum absolute atomic E-state index is 0.0361. The van der Waals surface area contributed by atoms with Gasteiger partial charge < -0.3 is 20.5 Å². The van der Waals surface area contributed by atoms with Crippen LogP contribution in [-0.4, -0.2) is 34.6 Å². The molecule has 0 spiro atoms. The number of carbonyl (C=O) groups excluding carboxylic acids is 1. The molecule has 0 aliphatic carbocycles. The zero-order valence-corrected chi connectivity index (χ0v) is 16.8.